The second kappa shape index (κ2) is 8.25. The van der Waals surface area contributed by atoms with Crippen LogP contribution in [-0.4, -0.2) is 27.8 Å². The Morgan fingerprint density at radius 2 is 1.35 bits per heavy atom. The van der Waals surface area contributed by atoms with E-state index in [9.17, 15) is 14.7 Å². The average molecular weight is 311 g/mol. The quantitative estimate of drug-likeness (QED) is 0.761. The highest BCUT2D eigenvalue weighted by Crippen LogP contribution is 2.15. The van der Waals surface area contributed by atoms with Gasteiger partial charge in [0.1, 0.15) is 0 Å². The van der Waals surface area contributed by atoms with Gasteiger partial charge in [-0.2, -0.15) is 0 Å². The van der Waals surface area contributed by atoms with E-state index < -0.39 is 12.0 Å². The molecule has 2 aromatic carbocycles. The lowest BCUT2D eigenvalue weighted by Crippen LogP contribution is -2.45. The molecule has 0 saturated heterocycles. The second-order valence-corrected chi connectivity index (χ2v) is 5.44. The van der Waals surface area contributed by atoms with Gasteiger partial charge in [0.2, 0.25) is 0 Å². The molecule has 0 aromatic heterocycles. The number of hydrogen-bond acceptors (Lipinski definition) is 3. The molecule has 0 heterocycles. The monoisotopic (exact) mass is 311 g/mol. The summed E-state index contributed by atoms with van der Waals surface area (Å²) in [7, 11) is 0. The smallest absolute Gasteiger partial charge is 0.328 e. The summed E-state index contributed by atoms with van der Waals surface area (Å²) in [5.41, 5.74) is 1.97. The van der Waals surface area contributed by atoms with Crippen LogP contribution in [-0.2, 0) is 22.7 Å². The van der Waals surface area contributed by atoms with E-state index in [1.54, 1.807) is 11.8 Å². The van der Waals surface area contributed by atoms with Crippen molar-refractivity contribution in [3.8, 4) is 0 Å². The lowest BCUT2D eigenvalue weighted by molar-refractivity contribution is -0.148. The van der Waals surface area contributed by atoms with Crippen molar-refractivity contribution in [1.82, 2.24) is 4.90 Å². The second-order valence-electron chi connectivity index (χ2n) is 5.44. The Labute approximate surface area is 136 Å². The van der Waals surface area contributed by atoms with Crippen molar-refractivity contribution in [2.45, 2.75) is 32.5 Å². The highest BCUT2D eigenvalue weighted by Gasteiger charge is 2.31. The molecule has 0 fully saturated rings. The van der Waals surface area contributed by atoms with Gasteiger partial charge in [0.05, 0.1) is 0 Å². The number of benzene rings is 2. The summed E-state index contributed by atoms with van der Waals surface area (Å²) in [6.45, 7) is 2.53. The molecule has 0 aliphatic rings. The molecular formula is C19H21NO3. The SMILES string of the molecule is CCC(=O)[C@@H](C(=O)O)N(Cc1ccccc1)Cc1ccccc1. The van der Waals surface area contributed by atoms with Crippen LogP contribution >= 0.6 is 0 Å². The highest BCUT2D eigenvalue weighted by molar-refractivity contribution is 6.02. The number of hydrogen-bond donors (Lipinski definition) is 1. The number of nitrogens with zero attached hydrogens (tertiary/aromatic N) is 1. The maximum absolute atomic E-state index is 12.2. The zero-order chi connectivity index (χ0) is 16.7. The van der Waals surface area contributed by atoms with Crippen molar-refractivity contribution in [1.29, 1.82) is 0 Å². The molecule has 0 aliphatic heterocycles. The molecule has 23 heavy (non-hydrogen) atoms. The molecule has 2 rings (SSSR count). The summed E-state index contributed by atoms with van der Waals surface area (Å²) >= 11 is 0. The third kappa shape index (κ3) is 4.76. The standard InChI is InChI=1S/C19H21NO3/c1-2-17(21)18(19(22)23)20(13-15-9-5-3-6-10-15)14-16-11-7-4-8-12-16/h3-12,18H,2,13-14H2,1H3,(H,22,23)/t18-/m0/s1. The number of carboxylic acids is 1. The molecule has 0 spiro atoms. The van der Waals surface area contributed by atoms with Gasteiger partial charge in [0, 0.05) is 19.5 Å². The Hall–Kier alpha value is -2.46. The summed E-state index contributed by atoms with van der Waals surface area (Å²) in [6.07, 6.45) is 0.205. The Bertz CT molecular complexity index is 599. The Morgan fingerprint density at radius 3 is 1.70 bits per heavy atom. The van der Waals surface area contributed by atoms with Crippen LogP contribution in [0.25, 0.3) is 0 Å². The Balaban J connectivity index is 2.29. The van der Waals surface area contributed by atoms with Crippen LogP contribution in [0.2, 0.25) is 0 Å². The minimum absolute atomic E-state index is 0.205. The predicted octanol–water partition coefficient (Wildman–Crippen LogP) is 3.12. The normalized spacial score (nSPS) is 12.1. The number of carbonyl (C=O) groups is 2. The first-order valence-corrected chi connectivity index (χ1v) is 7.69. The minimum atomic E-state index is -1.12. The van der Waals surface area contributed by atoms with E-state index in [1.165, 1.54) is 0 Å². The van der Waals surface area contributed by atoms with Gasteiger partial charge in [-0.25, -0.2) is 0 Å². The number of ketones is 1. The lowest BCUT2D eigenvalue weighted by Gasteiger charge is -2.28. The number of Topliss-reactive ketones (excluding diaryl/α,β-unsaturated/α-hetero) is 1. The fraction of sp³-hybridized carbons (Fsp3) is 0.263. The maximum atomic E-state index is 12.2. The highest BCUT2D eigenvalue weighted by atomic mass is 16.4. The van der Waals surface area contributed by atoms with E-state index in [-0.39, 0.29) is 12.2 Å². The van der Waals surface area contributed by atoms with Crippen LogP contribution in [0.1, 0.15) is 24.5 Å². The van der Waals surface area contributed by atoms with Crippen molar-refractivity contribution >= 4 is 11.8 Å². The first kappa shape index (κ1) is 16.9. The Kier molecular flexibility index (Phi) is 6.06. The van der Waals surface area contributed by atoms with Gasteiger partial charge in [-0.15, -0.1) is 0 Å². The fourth-order valence-electron chi connectivity index (χ4n) is 2.57. The van der Waals surface area contributed by atoms with Gasteiger partial charge in [-0.1, -0.05) is 67.6 Å². The molecule has 0 aliphatic carbocycles. The number of rotatable bonds is 8. The van der Waals surface area contributed by atoms with Crippen LogP contribution in [0.15, 0.2) is 60.7 Å². The Morgan fingerprint density at radius 1 is 0.913 bits per heavy atom. The summed E-state index contributed by atoms with van der Waals surface area (Å²) < 4.78 is 0. The van der Waals surface area contributed by atoms with Crippen molar-refractivity contribution in [2.75, 3.05) is 0 Å². The first-order chi connectivity index (χ1) is 11.1. The van der Waals surface area contributed by atoms with E-state index in [0.717, 1.165) is 11.1 Å². The number of carboxylic acid groups (broad SMARTS) is 1. The summed E-state index contributed by atoms with van der Waals surface area (Å²) in [5.74, 6) is -1.37. The molecular weight excluding hydrogens is 290 g/mol. The summed E-state index contributed by atoms with van der Waals surface area (Å²) in [6, 6.07) is 18.1. The molecule has 0 unspecified atom stereocenters. The minimum Gasteiger partial charge on any atom is -0.480 e. The van der Waals surface area contributed by atoms with Crippen LogP contribution < -0.4 is 0 Å². The number of aliphatic carboxylic acids is 1. The molecule has 1 atom stereocenters. The molecule has 0 radical (unpaired) electrons. The molecule has 120 valence electrons. The molecule has 4 nitrogen and oxygen atoms in total. The third-order valence-electron chi connectivity index (χ3n) is 3.71. The largest absolute Gasteiger partial charge is 0.480 e. The maximum Gasteiger partial charge on any atom is 0.328 e. The van der Waals surface area contributed by atoms with E-state index in [2.05, 4.69) is 0 Å². The zero-order valence-corrected chi connectivity index (χ0v) is 13.2. The van der Waals surface area contributed by atoms with Crippen molar-refractivity contribution in [3.63, 3.8) is 0 Å². The van der Waals surface area contributed by atoms with Crippen LogP contribution in [0.3, 0.4) is 0 Å². The molecule has 0 saturated carbocycles. The van der Waals surface area contributed by atoms with Crippen molar-refractivity contribution < 1.29 is 14.7 Å². The van der Waals surface area contributed by atoms with Gasteiger partial charge in [-0.3, -0.25) is 14.5 Å². The molecule has 0 bridgehead atoms. The average Bonchev–Trinajstić information content (AvgIpc) is 2.56. The summed E-state index contributed by atoms with van der Waals surface area (Å²) in [5, 5.41) is 9.54. The van der Waals surface area contributed by atoms with Gasteiger partial charge < -0.3 is 5.11 Å². The van der Waals surface area contributed by atoms with E-state index in [0.29, 0.717) is 13.1 Å². The molecule has 0 amide bonds. The van der Waals surface area contributed by atoms with Gasteiger partial charge >= 0.3 is 5.97 Å². The van der Waals surface area contributed by atoms with Crippen LogP contribution in [0.4, 0.5) is 0 Å². The molecule has 4 heteroatoms. The van der Waals surface area contributed by atoms with Crippen molar-refractivity contribution in [2.24, 2.45) is 0 Å². The zero-order valence-electron chi connectivity index (χ0n) is 13.2. The van der Waals surface area contributed by atoms with Gasteiger partial charge in [-0.05, 0) is 11.1 Å². The first-order valence-electron chi connectivity index (χ1n) is 7.69. The predicted molar refractivity (Wildman–Crippen MR) is 88.9 cm³/mol. The fourth-order valence-corrected chi connectivity index (χ4v) is 2.57. The summed E-state index contributed by atoms with van der Waals surface area (Å²) in [4.78, 5) is 25.5. The van der Waals surface area contributed by atoms with Gasteiger partial charge in [0.15, 0.2) is 11.8 Å². The molecule has 1 N–H and O–H groups in total. The lowest BCUT2D eigenvalue weighted by atomic mass is 10.1. The van der Waals surface area contributed by atoms with Gasteiger partial charge in [0.25, 0.3) is 0 Å². The van der Waals surface area contributed by atoms with E-state index in [4.69, 9.17) is 0 Å². The molecule has 2 aromatic rings. The topological polar surface area (TPSA) is 57.6 Å². The van der Waals surface area contributed by atoms with Crippen LogP contribution in [0, 0.1) is 0 Å². The van der Waals surface area contributed by atoms with E-state index in [1.807, 2.05) is 60.7 Å². The number of carbonyl (C=O) groups excluding carboxylic acids is 1. The van der Waals surface area contributed by atoms with Crippen LogP contribution in [0.5, 0.6) is 0 Å². The van der Waals surface area contributed by atoms with Crippen molar-refractivity contribution in [3.05, 3.63) is 71.8 Å². The third-order valence-corrected chi connectivity index (χ3v) is 3.71. The van der Waals surface area contributed by atoms with E-state index >= 15 is 0 Å².